The van der Waals surface area contributed by atoms with Gasteiger partial charge in [-0.15, -0.1) is 0 Å². The molecule has 0 bridgehead atoms. The van der Waals surface area contributed by atoms with Crippen LogP contribution >= 0.6 is 0 Å². The van der Waals surface area contributed by atoms with Gasteiger partial charge in [-0.05, 0) is 79.0 Å². The first kappa shape index (κ1) is 23.9. The minimum absolute atomic E-state index is 0.297. The highest BCUT2D eigenvalue weighted by Gasteiger charge is 2.46. The van der Waals surface area contributed by atoms with Gasteiger partial charge in [-0.1, -0.05) is 6.07 Å². The summed E-state index contributed by atoms with van der Waals surface area (Å²) in [6, 6.07) is 10.1. The lowest BCUT2D eigenvalue weighted by Gasteiger charge is -2.35. The van der Waals surface area contributed by atoms with Gasteiger partial charge in [0.15, 0.2) is 0 Å². The summed E-state index contributed by atoms with van der Waals surface area (Å²) in [5.41, 5.74) is 3.70. The van der Waals surface area contributed by atoms with Gasteiger partial charge in [0.2, 0.25) is 0 Å². The van der Waals surface area contributed by atoms with Crippen molar-refractivity contribution in [2.45, 2.75) is 57.3 Å². The maximum absolute atomic E-state index is 12.2. The third kappa shape index (κ3) is 4.84. The molecule has 2 saturated carbocycles. The lowest BCUT2D eigenvalue weighted by molar-refractivity contribution is -0.145. The molecule has 3 aliphatic rings. The van der Waals surface area contributed by atoms with Crippen molar-refractivity contribution in [1.82, 2.24) is 0 Å². The van der Waals surface area contributed by atoms with E-state index in [1.165, 1.54) is 6.42 Å². The summed E-state index contributed by atoms with van der Waals surface area (Å²) in [5, 5.41) is 13.3. The SMILES string of the molecule is COc1cc(-c2ccc(NC3(C(=O)O)CCOCC3)cc2COC2CC3CC3C2)cc(OC)c1C. The molecule has 35 heavy (non-hydrogen) atoms. The third-order valence-electron chi connectivity index (χ3n) is 7.98. The van der Waals surface area contributed by atoms with Crippen molar-refractivity contribution in [2.24, 2.45) is 11.8 Å². The third-order valence-corrected chi connectivity index (χ3v) is 7.98. The van der Waals surface area contributed by atoms with E-state index in [1.54, 1.807) is 14.2 Å². The Morgan fingerprint density at radius 1 is 1.06 bits per heavy atom. The lowest BCUT2D eigenvalue weighted by Crippen LogP contribution is -2.50. The zero-order valence-electron chi connectivity index (χ0n) is 20.8. The standard InChI is InChI=1S/C28H35NO6/c1-17-25(32-2)14-20(15-26(17)33-3)24-5-4-22(29-28(27(30)31)6-8-34-9-7-28)11-21(24)16-35-23-12-18-10-19(18)13-23/h4-5,11,14-15,18-19,23,29H,6-10,12-13,16H2,1-3H3,(H,30,31). The number of nitrogens with one attached hydrogen (secondary N) is 1. The Labute approximate surface area is 206 Å². The molecule has 0 radical (unpaired) electrons. The zero-order chi connectivity index (χ0) is 24.6. The molecule has 1 aliphatic heterocycles. The number of fused-ring (bicyclic) bond motifs is 1. The van der Waals surface area contributed by atoms with Gasteiger partial charge < -0.3 is 29.4 Å². The topological polar surface area (TPSA) is 86.3 Å². The molecule has 0 spiro atoms. The molecule has 7 heteroatoms. The molecule has 1 heterocycles. The average molecular weight is 482 g/mol. The molecule has 2 aromatic carbocycles. The number of ether oxygens (including phenoxy) is 4. The minimum atomic E-state index is -1.03. The molecular formula is C28H35NO6. The highest BCUT2D eigenvalue weighted by atomic mass is 16.5. The normalized spacial score (nSPS) is 24.5. The van der Waals surface area contributed by atoms with E-state index in [0.29, 0.717) is 38.8 Å². The van der Waals surface area contributed by atoms with E-state index in [9.17, 15) is 9.90 Å². The fourth-order valence-corrected chi connectivity index (χ4v) is 5.71. The summed E-state index contributed by atoms with van der Waals surface area (Å²) < 4.78 is 23.0. The van der Waals surface area contributed by atoms with Crippen molar-refractivity contribution in [1.29, 1.82) is 0 Å². The number of methoxy groups -OCH3 is 2. The summed E-state index contributed by atoms with van der Waals surface area (Å²) in [7, 11) is 3.32. The molecule has 2 aromatic rings. The Kier molecular flexibility index (Phi) is 6.64. The molecule has 2 N–H and O–H groups in total. The van der Waals surface area contributed by atoms with E-state index in [-0.39, 0.29) is 0 Å². The number of hydrogen-bond donors (Lipinski definition) is 2. The van der Waals surface area contributed by atoms with E-state index in [2.05, 4.69) is 5.32 Å². The second kappa shape index (κ2) is 9.70. The van der Waals surface area contributed by atoms with Gasteiger partial charge in [0.05, 0.1) is 26.9 Å². The largest absolute Gasteiger partial charge is 0.496 e. The fraction of sp³-hybridized carbons (Fsp3) is 0.536. The Balaban J connectivity index is 1.48. The molecule has 2 aliphatic carbocycles. The highest BCUT2D eigenvalue weighted by Crippen LogP contribution is 2.52. The first-order chi connectivity index (χ1) is 16.9. The maximum Gasteiger partial charge on any atom is 0.329 e. The van der Waals surface area contributed by atoms with Crippen LogP contribution < -0.4 is 14.8 Å². The molecular weight excluding hydrogens is 446 g/mol. The molecule has 0 amide bonds. The number of benzene rings is 2. The van der Waals surface area contributed by atoms with E-state index < -0.39 is 11.5 Å². The van der Waals surface area contributed by atoms with Gasteiger partial charge in [0.25, 0.3) is 0 Å². The number of carboxylic acids is 1. The van der Waals surface area contributed by atoms with Crippen LogP contribution in [0.5, 0.6) is 11.5 Å². The molecule has 3 fully saturated rings. The second-order valence-electron chi connectivity index (χ2n) is 10.2. The quantitative estimate of drug-likeness (QED) is 0.519. The molecule has 2 atom stereocenters. The van der Waals surface area contributed by atoms with Crippen LogP contribution in [-0.2, 0) is 20.9 Å². The van der Waals surface area contributed by atoms with Crippen molar-refractivity contribution in [3.63, 3.8) is 0 Å². The second-order valence-corrected chi connectivity index (χ2v) is 10.2. The van der Waals surface area contributed by atoms with Crippen molar-refractivity contribution in [2.75, 3.05) is 32.8 Å². The van der Waals surface area contributed by atoms with Crippen LogP contribution in [-0.4, -0.2) is 50.2 Å². The Morgan fingerprint density at radius 2 is 1.71 bits per heavy atom. The Bertz CT molecular complexity index is 1060. The number of rotatable bonds is 9. The van der Waals surface area contributed by atoms with Crippen LogP contribution in [0, 0.1) is 18.8 Å². The molecule has 2 unspecified atom stereocenters. The van der Waals surface area contributed by atoms with Gasteiger partial charge in [-0.2, -0.15) is 0 Å². The maximum atomic E-state index is 12.2. The van der Waals surface area contributed by atoms with E-state index in [4.69, 9.17) is 18.9 Å². The van der Waals surface area contributed by atoms with Crippen LogP contribution in [0.4, 0.5) is 5.69 Å². The van der Waals surface area contributed by atoms with Crippen LogP contribution in [0.3, 0.4) is 0 Å². The summed E-state index contributed by atoms with van der Waals surface area (Å²) in [6.07, 6.45) is 4.79. The monoisotopic (exact) mass is 481 g/mol. The first-order valence-electron chi connectivity index (χ1n) is 12.5. The van der Waals surface area contributed by atoms with Crippen LogP contribution in [0.25, 0.3) is 11.1 Å². The number of hydrogen-bond acceptors (Lipinski definition) is 6. The van der Waals surface area contributed by atoms with Gasteiger partial charge in [0, 0.05) is 37.3 Å². The van der Waals surface area contributed by atoms with Crippen molar-refractivity contribution >= 4 is 11.7 Å². The van der Waals surface area contributed by atoms with E-state index in [1.807, 2.05) is 37.3 Å². The minimum Gasteiger partial charge on any atom is -0.496 e. The van der Waals surface area contributed by atoms with Crippen LogP contribution in [0.2, 0.25) is 0 Å². The van der Waals surface area contributed by atoms with Gasteiger partial charge in [-0.3, -0.25) is 0 Å². The highest BCUT2D eigenvalue weighted by molar-refractivity contribution is 5.83. The summed E-state index contributed by atoms with van der Waals surface area (Å²) in [6.45, 7) is 3.31. The summed E-state index contributed by atoms with van der Waals surface area (Å²) in [5.74, 6) is 2.37. The van der Waals surface area contributed by atoms with Gasteiger partial charge >= 0.3 is 5.97 Å². The molecule has 7 nitrogen and oxygen atoms in total. The van der Waals surface area contributed by atoms with Crippen LogP contribution in [0.15, 0.2) is 30.3 Å². The van der Waals surface area contributed by atoms with E-state index in [0.717, 1.165) is 64.1 Å². The first-order valence-corrected chi connectivity index (χ1v) is 12.5. The Morgan fingerprint density at radius 3 is 2.31 bits per heavy atom. The van der Waals surface area contributed by atoms with Crippen molar-refractivity contribution in [3.05, 3.63) is 41.5 Å². The van der Waals surface area contributed by atoms with E-state index >= 15 is 0 Å². The average Bonchev–Trinajstić information content (AvgIpc) is 3.48. The van der Waals surface area contributed by atoms with Gasteiger partial charge in [0.1, 0.15) is 17.0 Å². The molecule has 1 saturated heterocycles. The predicted molar refractivity (Wildman–Crippen MR) is 133 cm³/mol. The smallest absolute Gasteiger partial charge is 0.329 e. The van der Waals surface area contributed by atoms with Crippen LogP contribution in [0.1, 0.15) is 43.2 Å². The number of carboxylic acid groups (broad SMARTS) is 1. The fourth-order valence-electron chi connectivity index (χ4n) is 5.71. The molecule has 188 valence electrons. The molecule has 5 rings (SSSR count). The summed E-state index contributed by atoms with van der Waals surface area (Å²) >= 11 is 0. The number of aliphatic carboxylic acids is 1. The molecule has 0 aromatic heterocycles. The number of anilines is 1. The van der Waals surface area contributed by atoms with Crippen molar-refractivity contribution in [3.8, 4) is 22.6 Å². The Hall–Kier alpha value is -2.77. The lowest BCUT2D eigenvalue weighted by atomic mass is 9.89. The number of carbonyl (C=O) groups is 1. The summed E-state index contributed by atoms with van der Waals surface area (Å²) in [4.78, 5) is 12.2. The van der Waals surface area contributed by atoms with Gasteiger partial charge in [-0.25, -0.2) is 4.79 Å². The zero-order valence-corrected chi connectivity index (χ0v) is 20.8. The van der Waals surface area contributed by atoms with Crippen molar-refractivity contribution < 1.29 is 28.8 Å². The predicted octanol–water partition coefficient (Wildman–Crippen LogP) is 5.04.